The first-order valence-corrected chi connectivity index (χ1v) is 24.2. The molecule has 0 aliphatic carbocycles. The van der Waals surface area contributed by atoms with Crippen molar-refractivity contribution in [3.8, 4) is 0 Å². The van der Waals surface area contributed by atoms with Crippen LogP contribution in [0.5, 0.6) is 0 Å². The van der Waals surface area contributed by atoms with Crippen molar-refractivity contribution in [2.75, 3.05) is 6.54 Å². The van der Waals surface area contributed by atoms with E-state index in [1.165, 1.54) is 0 Å². The van der Waals surface area contributed by atoms with Gasteiger partial charge in [0, 0.05) is 6.54 Å². The van der Waals surface area contributed by atoms with E-state index in [0.717, 1.165) is 6.42 Å². The van der Waals surface area contributed by atoms with Crippen LogP contribution in [0.4, 0.5) is 4.79 Å². The quantitative estimate of drug-likeness (QED) is 0.464. The number of nitrogens with zero attached hydrogens (tertiary/aromatic N) is 1. The van der Waals surface area contributed by atoms with Gasteiger partial charge in [0.2, 0.25) is 8.32 Å². The Balaban J connectivity index is 5.14. The molecule has 0 aromatic heterocycles. The van der Waals surface area contributed by atoms with Gasteiger partial charge in [0.15, 0.2) is 8.24 Å². The summed E-state index contributed by atoms with van der Waals surface area (Å²) in [6, 6.07) is -0.236. The highest BCUT2D eigenvalue weighted by molar-refractivity contribution is 6.78. The molecule has 0 aliphatic rings. The van der Waals surface area contributed by atoms with Crippen molar-refractivity contribution in [2.24, 2.45) is 0 Å². The molecule has 6 nitrogen and oxygen atoms in total. The van der Waals surface area contributed by atoms with Gasteiger partial charge in [-0.3, -0.25) is 9.59 Å². The van der Waals surface area contributed by atoms with Crippen LogP contribution in [0.25, 0.3) is 0 Å². The number of rotatable bonds is 10. The molecular weight excluding hydrogens is 419 g/mol. The van der Waals surface area contributed by atoms with Crippen LogP contribution >= 0.6 is 0 Å². The summed E-state index contributed by atoms with van der Waals surface area (Å²) in [5.41, 5.74) is 0. The van der Waals surface area contributed by atoms with Gasteiger partial charge in [-0.15, -0.1) is 0 Å². The van der Waals surface area contributed by atoms with Crippen LogP contribution in [-0.4, -0.2) is 62.2 Å². The average Bonchev–Trinajstić information content (AvgIpc) is 2.34. The van der Waals surface area contributed by atoms with Gasteiger partial charge in [-0.1, -0.05) is 58.9 Å². The smallest absolute Gasteiger partial charge is 0.309 e. The van der Waals surface area contributed by atoms with Crippen molar-refractivity contribution in [2.45, 2.75) is 97.4 Å². The Labute approximate surface area is 177 Å². The third-order valence-electron chi connectivity index (χ3n) is 3.71. The normalized spacial score (nSPS) is 14.4. The summed E-state index contributed by atoms with van der Waals surface area (Å²) >= 11 is 0. The van der Waals surface area contributed by atoms with Crippen molar-refractivity contribution in [1.29, 1.82) is 0 Å². The Morgan fingerprint density at radius 3 is 1.71 bits per heavy atom. The minimum atomic E-state index is -1.93. The van der Waals surface area contributed by atoms with Gasteiger partial charge in [0.05, 0.1) is 6.04 Å². The van der Waals surface area contributed by atoms with Gasteiger partial charge in [0.1, 0.15) is 16.5 Å². The molecule has 28 heavy (non-hydrogen) atoms. The lowest BCUT2D eigenvalue weighted by Gasteiger charge is -2.37. The Bertz CT molecular complexity index is 532. The first kappa shape index (κ1) is 27.6. The van der Waals surface area contributed by atoms with Gasteiger partial charge in [-0.05, 0) is 32.5 Å². The number of urea groups is 1. The number of nitrogens with one attached hydrogen (secondary N) is 2. The van der Waals surface area contributed by atoms with Crippen LogP contribution in [0.15, 0.2) is 0 Å². The van der Waals surface area contributed by atoms with Crippen molar-refractivity contribution >= 4 is 45.0 Å². The molecule has 0 aliphatic heterocycles. The Kier molecular flexibility index (Phi) is 9.90. The Morgan fingerprint density at radius 2 is 1.36 bits per heavy atom. The highest BCUT2D eigenvalue weighted by Gasteiger charge is 2.33. The standard InChI is InChI=1S/C18H45N3O3Si4/c1-25(2,3)19-16(17(22)24-28(10,11)12)14-13-15-21(27(7,8)9)18(23)20-26(4,5)6/h16,19H,13-15H2,1-12H3,(H,20,23). The lowest BCUT2D eigenvalue weighted by molar-refractivity contribution is -0.137. The van der Waals surface area contributed by atoms with Crippen LogP contribution in [0, 0.1) is 0 Å². The first-order chi connectivity index (χ1) is 12.2. The molecule has 0 heterocycles. The molecule has 2 amide bonds. The molecule has 0 aromatic rings. The number of carbonyl (C=O) groups is 2. The summed E-state index contributed by atoms with van der Waals surface area (Å²) < 4.78 is 7.79. The summed E-state index contributed by atoms with van der Waals surface area (Å²) in [6.45, 7) is 26.3. The summed E-state index contributed by atoms with van der Waals surface area (Å²) in [6.07, 6.45) is 1.47. The third-order valence-corrected chi connectivity index (χ3v) is 8.75. The van der Waals surface area contributed by atoms with Crippen molar-refractivity contribution in [1.82, 2.24) is 14.5 Å². The summed E-state index contributed by atoms with van der Waals surface area (Å²) in [5.74, 6) is -0.132. The highest BCUT2D eigenvalue weighted by atomic mass is 28.4. The molecule has 0 saturated carbocycles. The Hall–Kier alpha value is -0.432. The number of amides is 2. The fourth-order valence-electron chi connectivity index (χ4n) is 2.73. The maximum atomic E-state index is 12.8. The predicted molar refractivity (Wildman–Crippen MR) is 131 cm³/mol. The monoisotopic (exact) mass is 463 g/mol. The van der Waals surface area contributed by atoms with Gasteiger partial charge >= 0.3 is 12.0 Å². The molecule has 0 aromatic carbocycles. The zero-order valence-electron chi connectivity index (χ0n) is 20.4. The summed E-state index contributed by atoms with van der Waals surface area (Å²) in [5, 5.41) is 0. The SMILES string of the molecule is C[Si](C)(C)NC(=O)N(CCCC(N[Si](C)(C)C)C(=O)O[Si](C)(C)C)[Si](C)(C)C. The second kappa shape index (κ2) is 10.1. The molecule has 0 saturated heterocycles. The van der Waals surface area contributed by atoms with Crippen LogP contribution in [-0.2, 0) is 9.22 Å². The summed E-state index contributed by atoms with van der Waals surface area (Å²) in [7, 11) is -7.08. The topological polar surface area (TPSA) is 70.7 Å². The van der Waals surface area contributed by atoms with Crippen molar-refractivity contribution in [3.05, 3.63) is 0 Å². The third kappa shape index (κ3) is 12.9. The predicted octanol–water partition coefficient (Wildman–Crippen LogP) is 4.62. The van der Waals surface area contributed by atoms with E-state index in [9.17, 15) is 9.59 Å². The van der Waals surface area contributed by atoms with Gasteiger partial charge in [-0.25, -0.2) is 0 Å². The van der Waals surface area contributed by atoms with Crippen LogP contribution < -0.4 is 9.96 Å². The molecule has 0 radical (unpaired) electrons. The molecule has 2 N–H and O–H groups in total. The largest absolute Gasteiger partial charge is 0.519 e. The zero-order valence-corrected chi connectivity index (χ0v) is 24.4. The molecular formula is C18H45N3O3Si4. The van der Waals surface area contributed by atoms with Crippen molar-refractivity contribution < 1.29 is 14.0 Å². The van der Waals surface area contributed by atoms with Gasteiger partial charge < -0.3 is 19.0 Å². The average molecular weight is 464 g/mol. The lowest BCUT2D eigenvalue weighted by Crippen LogP contribution is -2.59. The second-order valence-electron chi connectivity index (χ2n) is 11.6. The molecule has 1 atom stereocenters. The summed E-state index contributed by atoms with van der Waals surface area (Å²) in [4.78, 5) is 32.3. The number of carbonyl (C=O) groups excluding carboxylic acids is 2. The van der Waals surface area contributed by atoms with E-state index in [2.05, 4.69) is 68.9 Å². The number of hydrogen-bond acceptors (Lipinski definition) is 4. The number of hydrogen-bond donors (Lipinski definition) is 2. The molecule has 10 heteroatoms. The van der Waals surface area contributed by atoms with Crippen molar-refractivity contribution in [3.63, 3.8) is 0 Å². The molecule has 0 bridgehead atoms. The molecule has 166 valence electrons. The fraction of sp³-hybridized carbons (Fsp3) is 0.889. The molecule has 0 spiro atoms. The van der Waals surface area contributed by atoms with E-state index in [0.29, 0.717) is 13.0 Å². The maximum absolute atomic E-state index is 12.8. The van der Waals surface area contributed by atoms with E-state index in [4.69, 9.17) is 4.43 Å². The van der Waals surface area contributed by atoms with Gasteiger partial charge in [0.25, 0.3) is 0 Å². The Morgan fingerprint density at radius 1 is 0.857 bits per heavy atom. The molecule has 1 unspecified atom stereocenters. The second-order valence-corrected chi connectivity index (χ2v) is 30.5. The minimum Gasteiger partial charge on any atom is -0.519 e. The van der Waals surface area contributed by atoms with E-state index in [1.807, 2.05) is 24.2 Å². The van der Waals surface area contributed by atoms with E-state index >= 15 is 0 Å². The minimum absolute atomic E-state index is 0.0534. The molecule has 0 fully saturated rings. The fourth-order valence-corrected chi connectivity index (χ4v) is 7.16. The first-order valence-electron chi connectivity index (χ1n) is 10.3. The van der Waals surface area contributed by atoms with Crippen LogP contribution in [0.2, 0.25) is 78.6 Å². The van der Waals surface area contributed by atoms with Crippen LogP contribution in [0.1, 0.15) is 12.8 Å². The highest BCUT2D eigenvalue weighted by Crippen LogP contribution is 2.15. The maximum Gasteiger partial charge on any atom is 0.309 e. The van der Waals surface area contributed by atoms with Crippen LogP contribution in [0.3, 0.4) is 0 Å². The van der Waals surface area contributed by atoms with E-state index in [-0.39, 0.29) is 18.0 Å². The van der Waals surface area contributed by atoms with E-state index in [1.54, 1.807) is 0 Å². The lowest BCUT2D eigenvalue weighted by atomic mass is 10.2. The van der Waals surface area contributed by atoms with E-state index < -0.39 is 33.0 Å². The van der Waals surface area contributed by atoms with Gasteiger partial charge in [-0.2, -0.15) is 0 Å². The molecule has 0 rings (SSSR count). The zero-order chi connectivity index (χ0) is 22.6.